The van der Waals surface area contributed by atoms with Gasteiger partial charge in [0.1, 0.15) is 5.69 Å². The number of aryl methyl sites for hydroxylation is 2. The van der Waals surface area contributed by atoms with Gasteiger partial charge in [0, 0.05) is 7.05 Å². The number of carbonyl (C=O) groups excluding carboxylic acids is 1. The van der Waals surface area contributed by atoms with Gasteiger partial charge in [-0.25, -0.2) is 4.68 Å². The van der Waals surface area contributed by atoms with E-state index in [0.29, 0.717) is 23.5 Å². The Morgan fingerprint density at radius 1 is 1.17 bits per heavy atom. The molecule has 0 saturated carbocycles. The van der Waals surface area contributed by atoms with Crippen LogP contribution in [0.4, 0.5) is 0 Å². The molecule has 0 atom stereocenters. The van der Waals surface area contributed by atoms with Gasteiger partial charge < -0.3 is 5.32 Å². The molecule has 23 heavy (non-hydrogen) atoms. The van der Waals surface area contributed by atoms with Crippen LogP contribution < -0.4 is 5.32 Å². The van der Waals surface area contributed by atoms with Crippen molar-refractivity contribution in [1.82, 2.24) is 30.1 Å². The average Bonchev–Trinajstić information content (AvgIpc) is 3.09. The number of amides is 1. The van der Waals surface area contributed by atoms with E-state index in [4.69, 9.17) is 0 Å². The lowest BCUT2D eigenvalue weighted by Crippen LogP contribution is -2.24. The Morgan fingerprint density at radius 2 is 1.91 bits per heavy atom. The Hall–Kier alpha value is -2.96. The summed E-state index contributed by atoms with van der Waals surface area (Å²) in [5, 5.41) is 15.5. The van der Waals surface area contributed by atoms with Crippen molar-refractivity contribution in [3.8, 4) is 5.69 Å². The molecule has 0 aliphatic rings. The summed E-state index contributed by atoms with van der Waals surface area (Å²) in [7, 11) is 1.74. The SMILES string of the molecule is Cc1nn(-c2ccccc2)c(C)c1C(=O)NCc1cnn(C)n1. The van der Waals surface area contributed by atoms with Gasteiger partial charge in [-0.15, -0.1) is 0 Å². The Bertz CT molecular complexity index is 834. The minimum Gasteiger partial charge on any atom is -0.346 e. The summed E-state index contributed by atoms with van der Waals surface area (Å²) < 4.78 is 1.78. The summed E-state index contributed by atoms with van der Waals surface area (Å²) in [5.74, 6) is -0.159. The second-order valence-corrected chi connectivity index (χ2v) is 5.30. The molecular formula is C16H18N6O. The van der Waals surface area contributed by atoms with E-state index in [1.807, 2.05) is 44.2 Å². The van der Waals surface area contributed by atoms with E-state index in [2.05, 4.69) is 20.6 Å². The minimum atomic E-state index is -0.159. The number of hydrogen-bond acceptors (Lipinski definition) is 4. The zero-order valence-electron chi connectivity index (χ0n) is 13.3. The van der Waals surface area contributed by atoms with Gasteiger partial charge in [-0.3, -0.25) is 4.79 Å². The summed E-state index contributed by atoms with van der Waals surface area (Å²) in [4.78, 5) is 14.0. The summed E-state index contributed by atoms with van der Waals surface area (Å²) in [6.45, 7) is 4.07. The maximum atomic E-state index is 12.5. The molecule has 1 amide bonds. The van der Waals surface area contributed by atoms with Crippen LogP contribution in [-0.4, -0.2) is 30.7 Å². The van der Waals surface area contributed by atoms with Gasteiger partial charge in [0.2, 0.25) is 0 Å². The molecule has 1 N–H and O–H groups in total. The smallest absolute Gasteiger partial charge is 0.255 e. The lowest BCUT2D eigenvalue weighted by Gasteiger charge is -2.05. The zero-order chi connectivity index (χ0) is 16.4. The summed E-state index contributed by atoms with van der Waals surface area (Å²) in [6, 6.07) is 9.75. The molecule has 7 nitrogen and oxygen atoms in total. The molecule has 3 aromatic rings. The van der Waals surface area contributed by atoms with Gasteiger partial charge in [0.25, 0.3) is 5.91 Å². The van der Waals surface area contributed by atoms with Gasteiger partial charge in [-0.05, 0) is 26.0 Å². The van der Waals surface area contributed by atoms with Crippen LogP contribution in [0.25, 0.3) is 5.69 Å². The Morgan fingerprint density at radius 3 is 2.57 bits per heavy atom. The highest BCUT2D eigenvalue weighted by Gasteiger charge is 2.19. The van der Waals surface area contributed by atoms with Gasteiger partial charge >= 0.3 is 0 Å². The molecule has 2 heterocycles. The molecule has 1 aromatic carbocycles. The van der Waals surface area contributed by atoms with Crippen molar-refractivity contribution >= 4 is 5.91 Å². The van der Waals surface area contributed by atoms with Crippen molar-refractivity contribution in [2.75, 3.05) is 0 Å². The van der Waals surface area contributed by atoms with Crippen LogP contribution in [-0.2, 0) is 13.6 Å². The highest BCUT2D eigenvalue weighted by atomic mass is 16.1. The van der Waals surface area contributed by atoms with E-state index < -0.39 is 0 Å². The predicted molar refractivity (Wildman–Crippen MR) is 85.2 cm³/mol. The molecule has 3 rings (SSSR count). The van der Waals surface area contributed by atoms with Crippen LogP contribution in [0.1, 0.15) is 27.4 Å². The molecule has 118 valence electrons. The fourth-order valence-corrected chi connectivity index (χ4v) is 2.52. The number of nitrogens with one attached hydrogen (secondary N) is 1. The topological polar surface area (TPSA) is 77.6 Å². The quantitative estimate of drug-likeness (QED) is 0.793. The van der Waals surface area contributed by atoms with E-state index in [1.54, 1.807) is 17.9 Å². The number of para-hydroxylation sites is 1. The number of aromatic nitrogens is 5. The molecule has 0 spiro atoms. The standard InChI is InChI=1S/C16H18N6O/c1-11-15(16(23)17-9-13-10-18-21(3)20-13)12(2)22(19-11)14-7-5-4-6-8-14/h4-8,10H,9H2,1-3H3,(H,17,23). The predicted octanol–water partition coefficient (Wildman–Crippen LogP) is 1.55. The van der Waals surface area contributed by atoms with Crippen molar-refractivity contribution in [3.63, 3.8) is 0 Å². The third-order valence-electron chi connectivity index (χ3n) is 3.60. The molecule has 0 aliphatic heterocycles. The van der Waals surface area contributed by atoms with Gasteiger partial charge in [0.05, 0.1) is 35.4 Å². The molecule has 0 aliphatic carbocycles. The number of rotatable bonds is 4. The number of nitrogens with zero attached hydrogens (tertiary/aromatic N) is 5. The molecule has 2 aromatic heterocycles. The molecule has 0 fully saturated rings. The first kappa shape index (κ1) is 15.0. The fraction of sp³-hybridized carbons (Fsp3) is 0.250. The fourth-order valence-electron chi connectivity index (χ4n) is 2.52. The molecule has 7 heteroatoms. The number of benzene rings is 1. The van der Waals surface area contributed by atoms with Crippen molar-refractivity contribution in [1.29, 1.82) is 0 Å². The van der Waals surface area contributed by atoms with Gasteiger partial charge in [-0.2, -0.15) is 20.1 Å². The highest BCUT2D eigenvalue weighted by molar-refractivity contribution is 5.96. The number of carbonyl (C=O) groups is 1. The van der Waals surface area contributed by atoms with Gasteiger partial charge in [0.15, 0.2) is 0 Å². The van der Waals surface area contributed by atoms with E-state index in [1.165, 1.54) is 4.80 Å². The van der Waals surface area contributed by atoms with Crippen LogP contribution in [0.3, 0.4) is 0 Å². The normalized spacial score (nSPS) is 10.7. The second kappa shape index (κ2) is 6.04. The zero-order valence-corrected chi connectivity index (χ0v) is 13.3. The molecule has 0 radical (unpaired) electrons. The number of hydrogen-bond donors (Lipinski definition) is 1. The van der Waals surface area contributed by atoms with Crippen LogP contribution in [0, 0.1) is 13.8 Å². The second-order valence-electron chi connectivity index (χ2n) is 5.30. The Labute approximate surface area is 133 Å². The largest absolute Gasteiger partial charge is 0.346 e. The van der Waals surface area contributed by atoms with Crippen molar-refractivity contribution in [3.05, 3.63) is 59.2 Å². The summed E-state index contributed by atoms with van der Waals surface area (Å²) in [5.41, 5.74) is 3.75. The maximum absolute atomic E-state index is 12.5. The first-order valence-electron chi connectivity index (χ1n) is 7.31. The third kappa shape index (κ3) is 2.98. The van der Waals surface area contributed by atoms with Crippen LogP contribution in [0.15, 0.2) is 36.5 Å². The first-order valence-corrected chi connectivity index (χ1v) is 7.31. The lowest BCUT2D eigenvalue weighted by molar-refractivity contribution is 0.0949. The average molecular weight is 310 g/mol. The van der Waals surface area contributed by atoms with Crippen LogP contribution in [0.2, 0.25) is 0 Å². The minimum absolute atomic E-state index is 0.159. The summed E-state index contributed by atoms with van der Waals surface area (Å²) in [6.07, 6.45) is 1.63. The Kier molecular flexibility index (Phi) is 3.92. The molecule has 0 unspecified atom stereocenters. The van der Waals surface area contributed by atoms with Crippen molar-refractivity contribution in [2.45, 2.75) is 20.4 Å². The third-order valence-corrected chi connectivity index (χ3v) is 3.60. The maximum Gasteiger partial charge on any atom is 0.255 e. The molecular weight excluding hydrogens is 292 g/mol. The summed E-state index contributed by atoms with van der Waals surface area (Å²) >= 11 is 0. The van der Waals surface area contributed by atoms with Crippen LogP contribution >= 0.6 is 0 Å². The molecule has 0 bridgehead atoms. The van der Waals surface area contributed by atoms with E-state index in [0.717, 1.165) is 11.4 Å². The first-order chi connectivity index (χ1) is 11.1. The highest BCUT2D eigenvalue weighted by Crippen LogP contribution is 2.17. The van der Waals surface area contributed by atoms with E-state index >= 15 is 0 Å². The van der Waals surface area contributed by atoms with E-state index in [9.17, 15) is 4.79 Å². The lowest BCUT2D eigenvalue weighted by atomic mass is 10.2. The molecule has 0 saturated heterocycles. The van der Waals surface area contributed by atoms with Crippen molar-refractivity contribution in [2.24, 2.45) is 7.05 Å². The van der Waals surface area contributed by atoms with Crippen LogP contribution in [0.5, 0.6) is 0 Å². The van der Waals surface area contributed by atoms with Gasteiger partial charge in [-0.1, -0.05) is 18.2 Å². The van der Waals surface area contributed by atoms with E-state index in [-0.39, 0.29) is 5.91 Å². The Balaban J connectivity index is 1.82. The monoisotopic (exact) mass is 310 g/mol. The van der Waals surface area contributed by atoms with Crippen molar-refractivity contribution < 1.29 is 4.79 Å².